The van der Waals surface area contributed by atoms with E-state index < -0.39 is 0 Å². The van der Waals surface area contributed by atoms with Gasteiger partial charge >= 0.3 is 0 Å². The van der Waals surface area contributed by atoms with E-state index in [2.05, 4.69) is 55.6 Å². The Bertz CT molecular complexity index is 639. The van der Waals surface area contributed by atoms with Crippen LogP contribution in [0.25, 0.3) is 11.3 Å². The van der Waals surface area contributed by atoms with Crippen molar-refractivity contribution in [3.63, 3.8) is 0 Å². The molecule has 0 radical (unpaired) electrons. The average molecular weight is 375 g/mol. The van der Waals surface area contributed by atoms with Crippen molar-refractivity contribution in [2.45, 2.75) is 26.2 Å². The van der Waals surface area contributed by atoms with Gasteiger partial charge in [0.15, 0.2) is 0 Å². The first-order chi connectivity index (χ1) is 11.2. The quantitative estimate of drug-likeness (QED) is 0.826. The molecule has 23 heavy (non-hydrogen) atoms. The standard InChI is InChI=1S/C18H23BrN4/c1-18(7-10-20-11-8-18)9-12-21-17-22-13-15(19)16(23-17)14-5-3-2-4-6-14/h2-6,13,20H,7-12H2,1H3,(H,21,22,23). The van der Waals surface area contributed by atoms with Gasteiger partial charge in [0.05, 0.1) is 10.2 Å². The van der Waals surface area contributed by atoms with Crippen LogP contribution in [0.4, 0.5) is 5.95 Å². The largest absolute Gasteiger partial charge is 0.354 e. The summed E-state index contributed by atoms with van der Waals surface area (Å²) in [5.41, 5.74) is 2.45. The molecule has 2 N–H and O–H groups in total. The van der Waals surface area contributed by atoms with Gasteiger partial charge in [-0.2, -0.15) is 0 Å². The van der Waals surface area contributed by atoms with Crippen LogP contribution in [0, 0.1) is 5.41 Å². The first-order valence-corrected chi connectivity index (χ1v) is 8.98. The number of nitrogens with zero attached hydrogens (tertiary/aromatic N) is 2. The van der Waals surface area contributed by atoms with Gasteiger partial charge in [-0.05, 0) is 53.7 Å². The highest BCUT2D eigenvalue weighted by Crippen LogP contribution is 2.31. The van der Waals surface area contributed by atoms with E-state index in [1.54, 1.807) is 0 Å². The lowest BCUT2D eigenvalue weighted by atomic mass is 9.78. The molecule has 0 amide bonds. The number of piperidine rings is 1. The minimum atomic E-state index is 0.426. The van der Waals surface area contributed by atoms with Gasteiger partial charge in [-0.1, -0.05) is 37.3 Å². The molecule has 0 aliphatic carbocycles. The van der Waals surface area contributed by atoms with E-state index in [1.165, 1.54) is 12.8 Å². The molecule has 0 saturated carbocycles. The lowest BCUT2D eigenvalue weighted by Gasteiger charge is -2.34. The van der Waals surface area contributed by atoms with Crippen LogP contribution in [0.2, 0.25) is 0 Å². The summed E-state index contributed by atoms with van der Waals surface area (Å²) in [4.78, 5) is 9.05. The van der Waals surface area contributed by atoms with E-state index >= 15 is 0 Å². The van der Waals surface area contributed by atoms with Crippen LogP contribution in [-0.2, 0) is 0 Å². The number of hydrogen-bond acceptors (Lipinski definition) is 4. The summed E-state index contributed by atoms with van der Waals surface area (Å²) in [5.74, 6) is 0.699. The smallest absolute Gasteiger partial charge is 0.223 e. The normalized spacial score (nSPS) is 17.0. The third-order valence-corrected chi connectivity index (χ3v) is 5.19. The van der Waals surface area contributed by atoms with Gasteiger partial charge in [0.25, 0.3) is 0 Å². The van der Waals surface area contributed by atoms with E-state index in [0.29, 0.717) is 11.4 Å². The zero-order chi connectivity index (χ0) is 16.1. The van der Waals surface area contributed by atoms with Crippen LogP contribution < -0.4 is 10.6 Å². The predicted octanol–water partition coefficient (Wildman–Crippen LogP) is 4.10. The number of hydrogen-bond donors (Lipinski definition) is 2. The van der Waals surface area contributed by atoms with Crippen molar-refractivity contribution < 1.29 is 0 Å². The summed E-state index contributed by atoms with van der Waals surface area (Å²) < 4.78 is 0.916. The fraction of sp³-hybridized carbons (Fsp3) is 0.444. The van der Waals surface area contributed by atoms with Crippen molar-refractivity contribution in [1.29, 1.82) is 0 Å². The van der Waals surface area contributed by atoms with Crippen molar-refractivity contribution in [1.82, 2.24) is 15.3 Å². The molecule has 2 heterocycles. The molecule has 3 rings (SSSR count). The van der Waals surface area contributed by atoms with Gasteiger partial charge in [-0.15, -0.1) is 0 Å². The lowest BCUT2D eigenvalue weighted by molar-refractivity contribution is 0.218. The molecule has 1 aromatic carbocycles. The fourth-order valence-electron chi connectivity index (χ4n) is 3.01. The second-order valence-corrected chi connectivity index (χ2v) is 7.35. The molecule has 0 atom stereocenters. The molecule has 1 aliphatic rings. The van der Waals surface area contributed by atoms with Crippen LogP contribution in [0.15, 0.2) is 41.0 Å². The third-order valence-electron chi connectivity index (χ3n) is 4.61. The molecule has 122 valence electrons. The monoisotopic (exact) mass is 374 g/mol. The Morgan fingerprint density at radius 2 is 1.96 bits per heavy atom. The first kappa shape index (κ1) is 16.4. The molecular weight excluding hydrogens is 352 g/mol. The summed E-state index contributed by atoms with van der Waals surface area (Å²) in [6.07, 6.45) is 5.45. The molecular formula is C18H23BrN4. The molecule has 5 heteroatoms. The van der Waals surface area contributed by atoms with Gasteiger partial charge in [0, 0.05) is 18.3 Å². The highest BCUT2D eigenvalue weighted by molar-refractivity contribution is 9.10. The van der Waals surface area contributed by atoms with Crippen molar-refractivity contribution in [2.24, 2.45) is 5.41 Å². The maximum Gasteiger partial charge on any atom is 0.223 e. The second-order valence-electron chi connectivity index (χ2n) is 6.49. The Hall–Kier alpha value is -1.46. The zero-order valence-electron chi connectivity index (χ0n) is 13.5. The minimum Gasteiger partial charge on any atom is -0.354 e. The maximum atomic E-state index is 4.67. The summed E-state index contributed by atoms with van der Waals surface area (Å²) >= 11 is 3.55. The van der Waals surface area contributed by atoms with Crippen LogP contribution in [0.1, 0.15) is 26.2 Å². The summed E-state index contributed by atoms with van der Waals surface area (Å²) in [6, 6.07) is 10.2. The van der Waals surface area contributed by atoms with Crippen molar-refractivity contribution in [2.75, 3.05) is 25.0 Å². The number of benzene rings is 1. The van der Waals surface area contributed by atoms with Crippen molar-refractivity contribution in [3.05, 3.63) is 41.0 Å². The Kier molecular flexibility index (Phi) is 5.28. The molecule has 1 aliphatic heterocycles. The maximum absolute atomic E-state index is 4.67. The van der Waals surface area contributed by atoms with Crippen LogP contribution >= 0.6 is 15.9 Å². The molecule has 1 saturated heterocycles. The Morgan fingerprint density at radius 3 is 2.70 bits per heavy atom. The summed E-state index contributed by atoms with van der Waals surface area (Å²) in [7, 11) is 0. The van der Waals surface area contributed by atoms with Crippen LogP contribution in [-0.4, -0.2) is 29.6 Å². The van der Waals surface area contributed by atoms with Gasteiger partial charge < -0.3 is 10.6 Å². The van der Waals surface area contributed by atoms with Crippen molar-refractivity contribution in [3.8, 4) is 11.3 Å². The highest BCUT2D eigenvalue weighted by atomic mass is 79.9. The van der Waals surface area contributed by atoms with Crippen molar-refractivity contribution >= 4 is 21.9 Å². The molecule has 0 unspecified atom stereocenters. The average Bonchev–Trinajstić information content (AvgIpc) is 2.58. The topological polar surface area (TPSA) is 49.8 Å². The van der Waals surface area contributed by atoms with Gasteiger partial charge in [-0.25, -0.2) is 9.97 Å². The molecule has 0 spiro atoms. The van der Waals surface area contributed by atoms with Gasteiger partial charge in [0.2, 0.25) is 5.95 Å². The van der Waals surface area contributed by atoms with E-state index in [4.69, 9.17) is 0 Å². The van der Waals surface area contributed by atoms with Gasteiger partial charge in [0.1, 0.15) is 0 Å². The first-order valence-electron chi connectivity index (χ1n) is 8.19. The van der Waals surface area contributed by atoms with E-state index in [0.717, 1.165) is 41.8 Å². The lowest BCUT2D eigenvalue weighted by Crippen LogP contribution is -2.35. The molecule has 4 nitrogen and oxygen atoms in total. The number of rotatable bonds is 5. The number of aromatic nitrogens is 2. The Morgan fingerprint density at radius 1 is 1.22 bits per heavy atom. The minimum absolute atomic E-state index is 0.426. The Labute approximate surface area is 146 Å². The van der Waals surface area contributed by atoms with Crippen LogP contribution in [0.3, 0.4) is 0 Å². The third kappa shape index (κ3) is 4.30. The SMILES string of the molecule is CC1(CCNc2ncc(Br)c(-c3ccccc3)n2)CCNCC1. The highest BCUT2D eigenvalue weighted by Gasteiger charge is 2.25. The Balaban J connectivity index is 1.65. The van der Waals surface area contributed by atoms with E-state index in [1.807, 2.05) is 24.4 Å². The molecule has 0 bridgehead atoms. The van der Waals surface area contributed by atoms with E-state index in [9.17, 15) is 0 Å². The van der Waals surface area contributed by atoms with E-state index in [-0.39, 0.29) is 0 Å². The predicted molar refractivity (Wildman–Crippen MR) is 98.5 cm³/mol. The van der Waals surface area contributed by atoms with Crippen LogP contribution in [0.5, 0.6) is 0 Å². The fourth-order valence-corrected chi connectivity index (χ4v) is 3.43. The second kappa shape index (κ2) is 7.41. The number of nitrogens with one attached hydrogen (secondary N) is 2. The molecule has 2 aromatic rings. The number of halogens is 1. The number of anilines is 1. The van der Waals surface area contributed by atoms with Gasteiger partial charge in [-0.3, -0.25) is 0 Å². The summed E-state index contributed by atoms with van der Waals surface area (Å²) in [6.45, 7) is 5.55. The molecule has 1 aromatic heterocycles. The molecule has 1 fully saturated rings. The summed E-state index contributed by atoms with van der Waals surface area (Å²) in [5, 5.41) is 6.82. The zero-order valence-corrected chi connectivity index (χ0v) is 15.1.